The van der Waals surface area contributed by atoms with Crippen LogP contribution in [0.5, 0.6) is 5.75 Å². The Morgan fingerprint density at radius 1 is 1.50 bits per heavy atom. The van der Waals surface area contributed by atoms with Gasteiger partial charge in [0, 0.05) is 11.3 Å². The highest BCUT2D eigenvalue weighted by Crippen LogP contribution is 2.23. The van der Waals surface area contributed by atoms with Gasteiger partial charge in [0.25, 0.3) is 0 Å². The molecule has 0 unspecified atom stereocenters. The van der Waals surface area contributed by atoms with E-state index in [1.54, 1.807) is 18.2 Å². The number of aliphatic hydroxyl groups excluding tert-OH is 1. The van der Waals surface area contributed by atoms with Crippen molar-refractivity contribution in [2.24, 2.45) is 5.73 Å². The highest BCUT2D eigenvalue weighted by Gasteiger charge is 2.12. The summed E-state index contributed by atoms with van der Waals surface area (Å²) in [7, 11) is 0. The first-order chi connectivity index (χ1) is 8.62. The number of hydrogen-bond donors (Lipinski definition) is 3. The molecule has 1 rings (SSSR count). The predicted octanol–water partition coefficient (Wildman–Crippen LogP) is 1.25. The Hall–Kier alpha value is -1.59. The third-order valence-electron chi connectivity index (χ3n) is 2.57. The molecule has 0 aliphatic rings. The standard InChI is InChI=1S/C13H20N2O3/c1-3-11(14)13(17)15-10-5-6-12(18-4-2)9(7-10)8-16/h5-7,11,16H,3-4,8,14H2,1-2H3,(H,15,17)/t11-/m1/s1. The fourth-order valence-electron chi connectivity index (χ4n) is 1.50. The van der Waals surface area contributed by atoms with Crippen molar-refractivity contribution in [2.45, 2.75) is 32.9 Å². The van der Waals surface area contributed by atoms with Crippen LogP contribution in [0.3, 0.4) is 0 Å². The number of nitrogens with one attached hydrogen (secondary N) is 1. The summed E-state index contributed by atoms with van der Waals surface area (Å²) in [5.41, 5.74) is 6.87. The van der Waals surface area contributed by atoms with E-state index in [0.29, 0.717) is 30.0 Å². The van der Waals surface area contributed by atoms with E-state index in [-0.39, 0.29) is 12.5 Å². The van der Waals surface area contributed by atoms with Crippen molar-refractivity contribution in [1.29, 1.82) is 0 Å². The molecule has 0 saturated heterocycles. The lowest BCUT2D eigenvalue weighted by atomic mass is 10.1. The predicted molar refractivity (Wildman–Crippen MR) is 70.4 cm³/mol. The summed E-state index contributed by atoms with van der Waals surface area (Å²) < 4.78 is 5.36. The molecule has 5 nitrogen and oxygen atoms in total. The highest BCUT2D eigenvalue weighted by atomic mass is 16.5. The molecule has 1 aromatic rings. The Balaban J connectivity index is 2.82. The fourth-order valence-corrected chi connectivity index (χ4v) is 1.50. The van der Waals surface area contributed by atoms with Crippen LogP contribution >= 0.6 is 0 Å². The number of benzene rings is 1. The van der Waals surface area contributed by atoms with Crippen molar-refractivity contribution in [3.8, 4) is 5.75 Å². The number of anilines is 1. The number of carbonyl (C=O) groups is 1. The van der Waals surface area contributed by atoms with Gasteiger partial charge in [-0.3, -0.25) is 4.79 Å². The average molecular weight is 252 g/mol. The van der Waals surface area contributed by atoms with Gasteiger partial charge in [-0.1, -0.05) is 6.92 Å². The zero-order chi connectivity index (χ0) is 13.5. The first kappa shape index (κ1) is 14.5. The van der Waals surface area contributed by atoms with E-state index in [2.05, 4.69) is 5.32 Å². The zero-order valence-electron chi connectivity index (χ0n) is 10.8. The molecule has 0 radical (unpaired) electrons. The van der Waals surface area contributed by atoms with Crippen molar-refractivity contribution in [3.63, 3.8) is 0 Å². The molecule has 1 aromatic carbocycles. The molecule has 100 valence electrons. The monoisotopic (exact) mass is 252 g/mol. The lowest BCUT2D eigenvalue weighted by Gasteiger charge is -2.13. The van der Waals surface area contributed by atoms with Gasteiger partial charge in [0.05, 0.1) is 19.3 Å². The van der Waals surface area contributed by atoms with Crippen molar-refractivity contribution in [2.75, 3.05) is 11.9 Å². The van der Waals surface area contributed by atoms with Gasteiger partial charge in [0.15, 0.2) is 0 Å². The van der Waals surface area contributed by atoms with Crippen molar-refractivity contribution in [3.05, 3.63) is 23.8 Å². The Kier molecular flexibility index (Phi) is 5.61. The first-order valence-corrected chi connectivity index (χ1v) is 6.05. The van der Waals surface area contributed by atoms with Crippen molar-refractivity contribution < 1.29 is 14.6 Å². The highest BCUT2D eigenvalue weighted by molar-refractivity contribution is 5.94. The van der Waals surface area contributed by atoms with Gasteiger partial charge in [-0.25, -0.2) is 0 Å². The number of aliphatic hydroxyl groups is 1. The minimum absolute atomic E-state index is 0.140. The zero-order valence-corrected chi connectivity index (χ0v) is 10.8. The quantitative estimate of drug-likeness (QED) is 0.711. The minimum Gasteiger partial charge on any atom is -0.494 e. The maximum atomic E-state index is 11.6. The van der Waals surface area contributed by atoms with Gasteiger partial charge in [0.2, 0.25) is 5.91 Å². The lowest BCUT2D eigenvalue weighted by molar-refractivity contribution is -0.117. The molecule has 0 aromatic heterocycles. The minimum atomic E-state index is -0.519. The van der Waals surface area contributed by atoms with Gasteiger partial charge >= 0.3 is 0 Å². The Bertz CT molecular complexity index is 407. The van der Waals surface area contributed by atoms with E-state index in [9.17, 15) is 9.90 Å². The van der Waals surface area contributed by atoms with Crippen LogP contribution in [-0.4, -0.2) is 23.7 Å². The smallest absolute Gasteiger partial charge is 0.241 e. The molecular weight excluding hydrogens is 232 g/mol. The molecule has 0 aliphatic heterocycles. The van der Waals surface area contributed by atoms with Crippen molar-refractivity contribution in [1.82, 2.24) is 0 Å². The first-order valence-electron chi connectivity index (χ1n) is 6.05. The van der Waals surface area contributed by atoms with Crippen LogP contribution < -0.4 is 15.8 Å². The van der Waals surface area contributed by atoms with Gasteiger partial charge < -0.3 is 20.9 Å². The van der Waals surface area contributed by atoms with E-state index >= 15 is 0 Å². The molecule has 0 fully saturated rings. The number of rotatable bonds is 6. The number of ether oxygens (including phenoxy) is 1. The fraction of sp³-hybridized carbons (Fsp3) is 0.462. The van der Waals surface area contributed by atoms with Crippen molar-refractivity contribution >= 4 is 11.6 Å². The van der Waals surface area contributed by atoms with Gasteiger partial charge in [-0.2, -0.15) is 0 Å². The van der Waals surface area contributed by atoms with Crippen LogP contribution in [0.4, 0.5) is 5.69 Å². The van der Waals surface area contributed by atoms with E-state index < -0.39 is 6.04 Å². The maximum Gasteiger partial charge on any atom is 0.241 e. The summed E-state index contributed by atoms with van der Waals surface area (Å²) in [6.07, 6.45) is 0.579. The van der Waals surface area contributed by atoms with E-state index in [0.717, 1.165) is 0 Å². The molecule has 1 amide bonds. The molecule has 0 aliphatic carbocycles. The summed E-state index contributed by atoms with van der Waals surface area (Å²) in [4.78, 5) is 11.6. The SMILES string of the molecule is CCOc1ccc(NC(=O)[C@H](N)CC)cc1CO. The summed E-state index contributed by atoms with van der Waals surface area (Å²) in [5.74, 6) is 0.392. The summed E-state index contributed by atoms with van der Waals surface area (Å²) >= 11 is 0. The summed E-state index contributed by atoms with van der Waals surface area (Å²) in [5, 5.41) is 11.9. The van der Waals surface area contributed by atoms with E-state index in [1.807, 2.05) is 13.8 Å². The number of carbonyl (C=O) groups excluding carboxylic acids is 1. The van der Waals surface area contributed by atoms with Crippen LogP contribution in [0, 0.1) is 0 Å². The second-order valence-corrected chi connectivity index (χ2v) is 3.92. The van der Waals surface area contributed by atoms with E-state index in [4.69, 9.17) is 10.5 Å². The molecule has 0 saturated carbocycles. The van der Waals surface area contributed by atoms with Gasteiger partial charge in [-0.15, -0.1) is 0 Å². The molecule has 0 heterocycles. The lowest BCUT2D eigenvalue weighted by Crippen LogP contribution is -2.34. The Morgan fingerprint density at radius 3 is 2.78 bits per heavy atom. The van der Waals surface area contributed by atoms with Gasteiger partial charge in [-0.05, 0) is 31.5 Å². The largest absolute Gasteiger partial charge is 0.494 e. The summed E-state index contributed by atoms with van der Waals surface area (Å²) in [6.45, 7) is 4.11. The van der Waals surface area contributed by atoms with Crippen LogP contribution in [0.1, 0.15) is 25.8 Å². The molecule has 0 bridgehead atoms. The van der Waals surface area contributed by atoms with Gasteiger partial charge in [0.1, 0.15) is 5.75 Å². The number of hydrogen-bond acceptors (Lipinski definition) is 4. The van der Waals surface area contributed by atoms with Crippen LogP contribution in [0.2, 0.25) is 0 Å². The molecule has 5 heteroatoms. The summed E-state index contributed by atoms with van der Waals surface area (Å²) in [6, 6.07) is 4.62. The second kappa shape index (κ2) is 6.98. The van der Waals surface area contributed by atoms with E-state index in [1.165, 1.54) is 0 Å². The van der Waals surface area contributed by atoms with Crippen LogP contribution in [0.25, 0.3) is 0 Å². The molecule has 18 heavy (non-hydrogen) atoms. The topological polar surface area (TPSA) is 84.6 Å². The average Bonchev–Trinajstić information content (AvgIpc) is 2.39. The third kappa shape index (κ3) is 3.72. The normalized spacial score (nSPS) is 12.0. The number of nitrogens with two attached hydrogens (primary N) is 1. The van der Waals surface area contributed by atoms with Crippen LogP contribution in [0.15, 0.2) is 18.2 Å². The maximum absolute atomic E-state index is 11.6. The second-order valence-electron chi connectivity index (χ2n) is 3.92. The third-order valence-corrected chi connectivity index (χ3v) is 2.57. The Morgan fingerprint density at radius 2 is 2.22 bits per heavy atom. The van der Waals surface area contributed by atoms with Crippen LogP contribution in [-0.2, 0) is 11.4 Å². The molecule has 0 spiro atoms. The molecular formula is C13H20N2O3. The number of amides is 1. The Labute approximate surface area is 107 Å². The molecule has 4 N–H and O–H groups in total. The molecule has 1 atom stereocenters.